The molecule has 1 aromatic rings. The van der Waals surface area contributed by atoms with Crippen molar-refractivity contribution in [3.8, 4) is 0 Å². The third-order valence-corrected chi connectivity index (χ3v) is 6.21. The van der Waals surface area contributed by atoms with Gasteiger partial charge in [-0.05, 0) is 68.6 Å². The molecule has 24 heavy (non-hydrogen) atoms. The zero-order valence-electron chi connectivity index (χ0n) is 14.3. The van der Waals surface area contributed by atoms with Crippen LogP contribution in [-0.4, -0.2) is 36.1 Å². The van der Waals surface area contributed by atoms with Gasteiger partial charge < -0.3 is 9.64 Å². The van der Waals surface area contributed by atoms with Crippen molar-refractivity contribution in [1.29, 1.82) is 0 Å². The summed E-state index contributed by atoms with van der Waals surface area (Å²) in [5, 5.41) is 0. The lowest BCUT2D eigenvalue weighted by Crippen LogP contribution is -2.49. The van der Waals surface area contributed by atoms with Crippen LogP contribution in [0.25, 0.3) is 0 Å². The molecule has 3 heterocycles. The molecule has 1 aromatic carbocycles. The van der Waals surface area contributed by atoms with Crippen LogP contribution >= 0.6 is 0 Å². The van der Waals surface area contributed by atoms with Gasteiger partial charge in [0.2, 0.25) is 5.91 Å². The van der Waals surface area contributed by atoms with Gasteiger partial charge in [0.25, 0.3) is 0 Å². The Balaban J connectivity index is 1.49. The van der Waals surface area contributed by atoms with Crippen LogP contribution in [0.3, 0.4) is 0 Å². The molecular formula is C20H26FNO2. The van der Waals surface area contributed by atoms with Gasteiger partial charge in [-0.1, -0.05) is 12.1 Å². The fourth-order valence-electron chi connectivity index (χ4n) is 4.89. The summed E-state index contributed by atoms with van der Waals surface area (Å²) in [6.45, 7) is 3.27. The number of amides is 1. The molecule has 3 fully saturated rings. The molecule has 0 spiro atoms. The minimum atomic E-state index is -0.131. The summed E-state index contributed by atoms with van der Waals surface area (Å²) in [7, 11) is 0. The van der Waals surface area contributed by atoms with Gasteiger partial charge in [-0.25, -0.2) is 4.39 Å². The maximum atomic E-state index is 13.5. The molecule has 1 unspecified atom stereocenters. The lowest BCUT2D eigenvalue weighted by Gasteiger charge is -2.41. The summed E-state index contributed by atoms with van der Waals surface area (Å²) in [4.78, 5) is 15.2. The van der Waals surface area contributed by atoms with Gasteiger partial charge in [-0.2, -0.15) is 0 Å². The topological polar surface area (TPSA) is 29.5 Å². The van der Waals surface area contributed by atoms with Gasteiger partial charge in [-0.15, -0.1) is 0 Å². The smallest absolute Gasteiger partial charge is 0.226 e. The van der Waals surface area contributed by atoms with Crippen molar-refractivity contribution in [3.05, 3.63) is 35.1 Å². The first-order valence-corrected chi connectivity index (χ1v) is 9.29. The van der Waals surface area contributed by atoms with Crippen LogP contribution in [0.5, 0.6) is 0 Å². The van der Waals surface area contributed by atoms with Gasteiger partial charge >= 0.3 is 0 Å². The van der Waals surface area contributed by atoms with Crippen molar-refractivity contribution in [2.24, 2.45) is 5.92 Å². The molecule has 0 saturated carbocycles. The molecule has 3 saturated heterocycles. The van der Waals surface area contributed by atoms with Crippen LogP contribution in [0.4, 0.5) is 4.39 Å². The molecule has 0 aliphatic carbocycles. The Hall–Kier alpha value is -1.42. The largest absolute Gasteiger partial charge is 0.381 e. The zero-order valence-corrected chi connectivity index (χ0v) is 14.3. The van der Waals surface area contributed by atoms with Gasteiger partial charge in [0.1, 0.15) is 5.82 Å². The number of hydrogen-bond donors (Lipinski definition) is 0. The molecule has 2 bridgehead atoms. The second kappa shape index (κ2) is 6.47. The van der Waals surface area contributed by atoms with E-state index < -0.39 is 0 Å². The molecule has 0 aromatic heterocycles. The van der Waals surface area contributed by atoms with E-state index in [4.69, 9.17) is 4.74 Å². The Morgan fingerprint density at radius 1 is 1.12 bits per heavy atom. The van der Waals surface area contributed by atoms with E-state index >= 15 is 0 Å². The van der Waals surface area contributed by atoms with Crippen LogP contribution < -0.4 is 0 Å². The van der Waals surface area contributed by atoms with Crippen molar-refractivity contribution in [3.63, 3.8) is 0 Å². The molecule has 3 atom stereocenters. The Morgan fingerprint density at radius 2 is 1.79 bits per heavy atom. The average Bonchev–Trinajstić information content (AvgIpc) is 2.87. The van der Waals surface area contributed by atoms with E-state index in [0.29, 0.717) is 23.9 Å². The van der Waals surface area contributed by atoms with Gasteiger partial charge in [-0.3, -0.25) is 4.79 Å². The Bertz CT molecular complexity index is 612. The first kappa shape index (κ1) is 16.1. The highest BCUT2D eigenvalue weighted by Crippen LogP contribution is 2.44. The van der Waals surface area contributed by atoms with E-state index in [-0.39, 0.29) is 11.7 Å². The molecule has 4 heteroatoms. The quantitative estimate of drug-likeness (QED) is 0.825. The van der Waals surface area contributed by atoms with Crippen molar-refractivity contribution >= 4 is 5.91 Å². The molecule has 3 aliphatic heterocycles. The summed E-state index contributed by atoms with van der Waals surface area (Å²) in [6.07, 6.45) is 6.03. The number of ether oxygens (including phenoxy) is 1. The highest BCUT2D eigenvalue weighted by Gasteiger charge is 2.45. The number of halogens is 1. The third kappa shape index (κ3) is 2.85. The van der Waals surface area contributed by atoms with Crippen LogP contribution in [0, 0.1) is 18.7 Å². The van der Waals surface area contributed by atoms with Gasteiger partial charge in [0.05, 0.1) is 0 Å². The lowest BCUT2D eigenvalue weighted by molar-refractivity contribution is -0.143. The predicted molar refractivity (Wildman–Crippen MR) is 90.3 cm³/mol. The standard InChI is InChI=1S/C20H26FNO2/c1-13-10-15(2-5-19(13)21)16-11-17-3-4-18(12-16)22(17)20(23)14-6-8-24-9-7-14/h2,5,10,14,16-18H,3-4,6-9,11-12H2,1H3/t16?,17-,18+. The highest BCUT2D eigenvalue weighted by molar-refractivity contribution is 5.80. The van der Waals surface area contributed by atoms with Crippen molar-refractivity contribution in [1.82, 2.24) is 4.90 Å². The van der Waals surface area contributed by atoms with Crippen LogP contribution in [0.2, 0.25) is 0 Å². The summed E-state index contributed by atoms with van der Waals surface area (Å²) in [5.74, 6) is 0.848. The van der Waals surface area contributed by atoms with Gasteiger partial charge in [0.15, 0.2) is 0 Å². The van der Waals surface area contributed by atoms with Crippen LogP contribution in [0.15, 0.2) is 18.2 Å². The maximum absolute atomic E-state index is 13.5. The second-order valence-corrected chi connectivity index (χ2v) is 7.69. The van der Waals surface area contributed by atoms with E-state index in [1.54, 1.807) is 6.07 Å². The summed E-state index contributed by atoms with van der Waals surface area (Å²) >= 11 is 0. The molecule has 1 amide bonds. The normalized spacial score (nSPS) is 30.6. The average molecular weight is 331 g/mol. The van der Waals surface area contributed by atoms with E-state index in [0.717, 1.165) is 57.3 Å². The minimum Gasteiger partial charge on any atom is -0.381 e. The Labute approximate surface area is 143 Å². The number of fused-ring (bicyclic) bond motifs is 2. The number of piperidine rings is 1. The summed E-state index contributed by atoms with van der Waals surface area (Å²) < 4.78 is 18.9. The summed E-state index contributed by atoms with van der Waals surface area (Å²) in [6, 6.07) is 6.26. The van der Waals surface area contributed by atoms with Crippen molar-refractivity contribution in [2.75, 3.05) is 13.2 Å². The van der Waals surface area contributed by atoms with Crippen molar-refractivity contribution < 1.29 is 13.9 Å². The van der Waals surface area contributed by atoms with Crippen LogP contribution in [0.1, 0.15) is 55.6 Å². The van der Waals surface area contributed by atoms with Crippen LogP contribution in [-0.2, 0) is 9.53 Å². The first-order valence-electron chi connectivity index (χ1n) is 9.29. The lowest BCUT2D eigenvalue weighted by atomic mass is 9.83. The predicted octanol–water partition coefficient (Wildman–Crippen LogP) is 3.80. The van der Waals surface area contributed by atoms with E-state index in [1.165, 1.54) is 5.56 Å². The maximum Gasteiger partial charge on any atom is 0.226 e. The first-order chi connectivity index (χ1) is 11.6. The molecule has 0 radical (unpaired) electrons. The van der Waals surface area contributed by atoms with Gasteiger partial charge in [0, 0.05) is 31.2 Å². The minimum absolute atomic E-state index is 0.131. The van der Waals surface area contributed by atoms with E-state index in [2.05, 4.69) is 4.90 Å². The number of hydrogen-bond acceptors (Lipinski definition) is 2. The molecular weight excluding hydrogens is 305 g/mol. The zero-order chi connectivity index (χ0) is 16.7. The number of carbonyl (C=O) groups is 1. The number of aryl methyl sites for hydroxylation is 1. The van der Waals surface area contributed by atoms with E-state index in [1.807, 2.05) is 19.1 Å². The second-order valence-electron chi connectivity index (χ2n) is 7.69. The summed E-state index contributed by atoms with van der Waals surface area (Å²) in [5.41, 5.74) is 1.96. The monoisotopic (exact) mass is 331 g/mol. The molecule has 3 nitrogen and oxygen atoms in total. The Kier molecular flexibility index (Phi) is 4.33. The molecule has 3 aliphatic rings. The number of nitrogens with zero attached hydrogens (tertiary/aromatic N) is 1. The number of benzene rings is 1. The number of rotatable bonds is 2. The molecule has 0 N–H and O–H groups in total. The number of carbonyl (C=O) groups excluding carboxylic acids is 1. The fraction of sp³-hybridized carbons (Fsp3) is 0.650. The molecule has 4 rings (SSSR count). The van der Waals surface area contributed by atoms with Crippen molar-refractivity contribution in [2.45, 2.75) is 63.5 Å². The highest BCUT2D eigenvalue weighted by atomic mass is 19.1. The van der Waals surface area contributed by atoms with E-state index in [9.17, 15) is 9.18 Å². The Morgan fingerprint density at radius 3 is 2.42 bits per heavy atom. The fourth-order valence-corrected chi connectivity index (χ4v) is 4.89. The molecule has 130 valence electrons. The third-order valence-electron chi connectivity index (χ3n) is 6.21. The SMILES string of the molecule is Cc1cc(C2C[C@H]3CC[C@@H](C2)N3C(=O)C2CCOCC2)ccc1F.